The van der Waals surface area contributed by atoms with Gasteiger partial charge in [-0.2, -0.15) is 5.10 Å². The van der Waals surface area contributed by atoms with Gasteiger partial charge in [-0.3, -0.25) is 5.43 Å². The first-order valence-electron chi connectivity index (χ1n) is 11.6. The average molecular weight is 424 g/mol. The molecule has 168 valence electrons. The fraction of sp³-hybridized carbons (Fsp3) is 0.560. The zero-order valence-corrected chi connectivity index (χ0v) is 19.7. The van der Waals surface area contributed by atoms with Gasteiger partial charge in [0.25, 0.3) is 0 Å². The molecule has 1 aliphatic rings. The van der Waals surface area contributed by atoms with Crippen molar-refractivity contribution in [3.8, 4) is 0 Å². The highest BCUT2D eigenvalue weighted by Crippen LogP contribution is 2.25. The van der Waals surface area contributed by atoms with Crippen LogP contribution in [-0.2, 0) is 12.8 Å². The molecule has 0 spiro atoms. The van der Waals surface area contributed by atoms with E-state index in [-0.39, 0.29) is 0 Å². The van der Waals surface area contributed by atoms with E-state index in [0.717, 1.165) is 56.1 Å². The van der Waals surface area contributed by atoms with Crippen LogP contribution >= 0.6 is 0 Å². The Morgan fingerprint density at radius 1 is 1.10 bits per heavy atom. The van der Waals surface area contributed by atoms with E-state index in [2.05, 4.69) is 49.3 Å². The molecule has 0 saturated heterocycles. The minimum Gasteiger partial charge on any atom is -0.390 e. The van der Waals surface area contributed by atoms with Gasteiger partial charge in [-0.25, -0.2) is 9.97 Å². The number of hydrogen-bond acceptors (Lipinski definition) is 6. The summed E-state index contributed by atoms with van der Waals surface area (Å²) in [6, 6.07) is 8.58. The normalized spacial score (nSPS) is 14.7. The van der Waals surface area contributed by atoms with E-state index in [1.165, 1.54) is 16.7 Å². The van der Waals surface area contributed by atoms with Crippen molar-refractivity contribution in [3.05, 3.63) is 46.8 Å². The molecule has 0 atom stereocenters. The molecule has 3 rings (SSSR count). The third-order valence-corrected chi connectivity index (χ3v) is 5.54. The Morgan fingerprint density at radius 3 is 2.52 bits per heavy atom. The lowest BCUT2D eigenvalue weighted by molar-refractivity contribution is 0.0708. The first kappa shape index (κ1) is 23.2. The maximum atomic E-state index is 10.2. The van der Waals surface area contributed by atoms with E-state index in [0.29, 0.717) is 18.7 Å². The molecule has 31 heavy (non-hydrogen) atoms. The van der Waals surface area contributed by atoms with Crippen molar-refractivity contribution >= 4 is 17.3 Å². The van der Waals surface area contributed by atoms with Gasteiger partial charge in [-0.05, 0) is 64.5 Å². The molecule has 0 radical (unpaired) electrons. The largest absolute Gasteiger partial charge is 0.390 e. The van der Waals surface area contributed by atoms with Crippen molar-refractivity contribution in [2.75, 3.05) is 23.4 Å². The van der Waals surface area contributed by atoms with E-state index in [9.17, 15) is 5.11 Å². The Balaban J connectivity index is 1.88. The number of hydrazone groups is 1. The predicted molar refractivity (Wildman–Crippen MR) is 129 cm³/mol. The minimum atomic E-state index is -0.745. The first-order valence-corrected chi connectivity index (χ1v) is 11.6. The van der Waals surface area contributed by atoms with Crippen LogP contribution in [0.1, 0.15) is 75.9 Å². The quantitative estimate of drug-likeness (QED) is 0.533. The molecule has 1 aliphatic carbocycles. The Bertz CT molecular complexity index is 911. The maximum Gasteiger partial charge on any atom is 0.152 e. The van der Waals surface area contributed by atoms with Gasteiger partial charge in [0.15, 0.2) is 5.82 Å². The second-order valence-electron chi connectivity index (χ2n) is 9.16. The highest BCUT2D eigenvalue weighted by atomic mass is 16.3. The van der Waals surface area contributed by atoms with Crippen molar-refractivity contribution in [1.82, 2.24) is 9.97 Å². The maximum absolute atomic E-state index is 10.2. The molecule has 1 aromatic heterocycles. The predicted octanol–water partition coefficient (Wildman–Crippen LogP) is 4.88. The molecule has 2 aromatic rings. The van der Waals surface area contributed by atoms with Crippen molar-refractivity contribution in [1.29, 1.82) is 0 Å². The summed E-state index contributed by atoms with van der Waals surface area (Å²) in [4.78, 5) is 11.8. The summed E-state index contributed by atoms with van der Waals surface area (Å²) in [6.45, 7) is 12.0. The van der Waals surface area contributed by atoms with Crippen molar-refractivity contribution in [3.63, 3.8) is 0 Å². The fourth-order valence-electron chi connectivity index (χ4n) is 3.92. The molecule has 6 heteroatoms. The molecule has 1 aromatic carbocycles. The SMILES string of the molecule is CCCN(CCC)c1cc(N/N=C2\CCc3ccc(C)cc32)nc(CCC(C)(C)O)n1. The molecule has 2 N–H and O–H groups in total. The molecule has 6 nitrogen and oxygen atoms in total. The standard InChI is InChI=1S/C25H37N5O/c1-6-14-30(15-7-2)24-17-23(26-22(27-24)12-13-25(4,5)31)29-28-21-11-10-19-9-8-18(3)16-20(19)21/h8-9,16-17,31H,6-7,10-15H2,1-5H3,(H,26,27,29)/b28-21+. The number of rotatable bonds is 10. The summed E-state index contributed by atoms with van der Waals surface area (Å²) in [7, 11) is 0. The zero-order chi connectivity index (χ0) is 22.4. The van der Waals surface area contributed by atoms with Gasteiger partial charge in [0, 0.05) is 31.1 Å². The van der Waals surface area contributed by atoms with E-state index < -0.39 is 5.60 Å². The van der Waals surface area contributed by atoms with Gasteiger partial charge in [0.05, 0.1) is 11.3 Å². The number of nitrogens with one attached hydrogen (secondary N) is 1. The molecular formula is C25H37N5O. The Morgan fingerprint density at radius 2 is 1.84 bits per heavy atom. The average Bonchev–Trinajstić information content (AvgIpc) is 3.12. The molecule has 0 bridgehead atoms. The molecule has 0 saturated carbocycles. The summed E-state index contributed by atoms with van der Waals surface area (Å²) in [6.07, 6.45) is 5.32. The van der Waals surface area contributed by atoms with Crippen molar-refractivity contribution in [2.24, 2.45) is 5.10 Å². The Labute approximate surface area is 186 Å². The summed E-state index contributed by atoms with van der Waals surface area (Å²) in [5.41, 5.74) is 7.39. The molecule has 0 amide bonds. The van der Waals surface area contributed by atoms with Gasteiger partial charge >= 0.3 is 0 Å². The van der Waals surface area contributed by atoms with E-state index in [1.807, 2.05) is 19.9 Å². The molecule has 0 unspecified atom stereocenters. The van der Waals surface area contributed by atoms with Crippen LogP contribution in [0, 0.1) is 6.92 Å². The summed E-state index contributed by atoms with van der Waals surface area (Å²) in [5.74, 6) is 2.37. The van der Waals surface area contributed by atoms with Crippen LogP contribution in [-0.4, -0.2) is 39.5 Å². The van der Waals surface area contributed by atoms with Gasteiger partial charge in [0.2, 0.25) is 0 Å². The van der Waals surface area contributed by atoms with E-state index >= 15 is 0 Å². The van der Waals surface area contributed by atoms with Crippen LogP contribution in [0.15, 0.2) is 29.4 Å². The number of nitrogens with zero attached hydrogens (tertiary/aromatic N) is 4. The van der Waals surface area contributed by atoms with Gasteiger partial charge < -0.3 is 10.0 Å². The number of aliphatic hydroxyl groups is 1. The third kappa shape index (κ3) is 6.50. The molecular weight excluding hydrogens is 386 g/mol. The van der Waals surface area contributed by atoms with Crippen LogP contribution < -0.4 is 10.3 Å². The second kappa shape index (κ2) is 10.2. The number of benzene rings is 1. The number of aromatic nitrogens is 2. The third-order valence-electron chi connectivity index (χ3n) is 5.54. The highest BCUT2D eigenvalue weighted by molar-refractivity contribution is 6.04. The number of anilines is 2. The van der Waals surface area contributed by atoms with Crippen LogP contribution in [0.25, 0.3) is 0 Å². The smallest absolute Gasteiger partial charge is 0.152 e. The monoisotopic (exact) mass is 423 g/mol. The number of fused-ring (bicyclic) bond motifs is 1. The minimum absolute atomic E-state index is 0.610. The lowest BCUT2D eigenvalue weighted by atomic mass is 10.0. The van der Waals surface area contributed by atoms with Crippen molar-refractivity contribution in [2.45, 2.75) is 78.7 Å². The van der Waals surface area contributed by atoms with Crippen LogP contribution in [0.4, 0.5) is 11.6 Å². The molecule has 0 fully saturated rings. The van der Waals surface area contributed by atoms with Crippen LogP contribution in [0.2, 0.25) is 0 Å². The van der Waals surface area contributed by atoms with Gasteiger partial charge in [0.1, 0.15) is 11.6 Å². The summed E-state index contributed by atoms with van der Waals surface area (Å²) >= 11 is 0. The topological polar surface area (TPSA) is 73.6 Å². The van der Waals surface area contributed by atoms with E-state index in [1.54, 1.807) is 0 Å². The number of aryl methyl sites for hydroxylation is 3. The molecule has 1 heterocycles. The van der Waals surface area contributed by atoms with E-state index in [4.69, 9.17) is 15.1 Å². The zero-order valence-electron chi connectivity index (χ0n) is 19.7. The van der Waals surface area contributed by atoms with Gasteiger partial charge in [-0.1, -0.05) is 31.5 Å². The summed E-state index contributed by atoms with van der Waals surface area (Å²) in [5, 5.41) is 14.9. The van der Waals surface area contributed by atoms with Crippen molar-refractivity contribution < 1.29 is 5.11 Å². The lowest BCUT2D eigenvalue weighted by Crippen LogP contribution is -2.27. The fourth-order valence-corrected chi connectivity index (χ4v) is 3.92. The Kier molecular flexibility index (Phi) is 7.65. The van der Waals surface area contributed by atoms with Crippen LogP contribution in [0.3, 0.4) is 0 Å². The molecule has 0 aliphatic heterocycles. The van der Waals surface area contributed by atoms with Gasteiger partial charge in [-0.15, -0.1) is 0 Å². The second-order valence-corrected chi connectivity index (χ2v) is 9.16. The lowest BCUT2D eigenvalue weighted by Gasteiger charge is -2.24. The highest BCUT2D eigenvalue weighted by Gasteiger charge is 2.19. The number of hydrogen-bond donors (Lipinski definition) is 2. The summed E-state index contributed by atoms with van der Waals surface area (Å²) < 4.78 is 0. The first-order chi connectivity index (χ1) is 14.8. The van der Waals surface area contributed by atoms with Crippen LogP contribution in [0.5, 0.6) is 0 Å². The Hall–Kier alpha value is -2.47.